The molecule has 1 aromatic heterocycles. The third kappa shape index (κ3) is 6.21. The number of benzene rings is 7. The summed E-state index contributed by atoms with van der Waals surface area (Å²) >= 11 is 0. The molecule has 15 heteroatoms. The Bertz CT molecular complexity index is 2980. The summed E-state index contributed by atoms with van der Waals surface area (Å²) in [7, 11) is 5.64. The van der Waals surface area contributed by atoms with Crippen molar-refractivity contribution in [1.29, 1.82) is 0 Å². The van der Waals surface area contributed by atoms with Crippen LogP contribution in [0.1, 0.15) is 26.3 Å². The van der Waals surface area contributed by atoms with Gasteiger partial charge in [0, 0.05) is 39.2 Å². The second kappa shape index (κ2) is 14.9. The Hall–Kier alpha value is -8.20. The van der Waals surface area contributed by atoms with E-state index in [0.717, 1.165) is 0 Å². The van der Waals surface area contributed by atoms with Crippen LogP contribution in [-0.4, -0.2) is 85.8 Å². The lowest BCUT2D eigenvalue weighted by molar-refractivity contribution is 0.0689. The van der Waals surface area contributed by atoms with Gasteiger partial charge in [-0.2, -0.15) is 0 Å². The minimum atomic E-state index is -1.38. The number of nitrogens with zero attached hydrogens (tertiary/aromatic N) is 1. The zero-order valence-electron chi connectivity index (χ0n) is 32.9. The Morgan fingerprint density at radius 3 is 1.18 bits per heavy atom. The van der Waals surface area contributed by atoms with Crippen LogP contribution in [-0.2, 0) is 13.0 Å². The number of carboxylic acid groups (broad SMARTS) is 2. The van der Waals surface area contributed by atoms with Crippen molar-refractivity contribution in [3.63, 3.8) is 0 Å². The normalized spacial score (nSPS) is 11.4. The second-order valence-electron chi connectivity index (χ2n) is 14.2. The van der Waals surface area contributed by atoms with E-state index < -0.39 is 34.9 Å². The number of aromatic carboxylic acids is 2. The molecule has 8 aromatic rings. The highest BCUT2D eigenvalue weighted by Gasteiger charge is 2.33. The van der Waals surface area contributed by atoms with E-state index in [1.54, 1.807) is 22.8 Å². The lowest BCUT2D eigenvalue weighted by Gasteiger charge is -2.19. The molecule has 0 aliphatic rings. The van der Waals surface area contributed by atoms with Crippen molar-refractivity contribution in [3.05, 3.63) is 95.6 Å². The molecule has 61 heavy (non-hydrogen) atoms. The van der Waals surface area contributed by atoms with Gasteiger partial charge in [0.2, 0.25) is 0 Å². The first-order valence-corrected chi connectivity index (χ1v) is 18.5. The van der Waals surface area contributed by atoms with Crippen molar-refractivity contribution >= 4 is 55.3 Å². The van der Waals surface area contributed by atoms with Gasteiger partial charge in [0.25, 0.3) is 0 Å². The number of carboxylic acids is 2. The fourth-order valence-electron chi connectivity index (χ4n) is 8.31. The number of aromatic nitrogens is 1. The topological polar surface area (TPSA) is 238 Å². The lowest BCUT2D eigenvalue weighted by atomic mass is 9.87. The number of aromatic hydroxyl groups is 6. The SMILES string of the molecule is COc1cc2c(C(=O)O)c(-c3ccc(O)c(O)c3)c3c(c2cc1OC)c1c2cc(OC)c(OC)cc2c(C(=O)O)c(-c2ccc(O)c(O)c2)c1n3CCc1ccc(O)c(O)c1. The molecule has 0 bridgehead atoms. The van der Waals surface area contributed by atoms with Gasteiger partial charge >= 0.3 is 11.9 Å². The van der Waals surface area contributed by atoms with Crippen LogP contribution >= 0.6 is 0 Å². The molecule has 0 aliphatic heterocycles. The van der Waals surface area contributed by atoms with Crippen LogP contribution in [0.3, 0.4) is 0 Å². The Morgan fingerprint density at radius 2 is 0.836 bits per heavy atom. The molecule has 0 spiro atoms. The lowest BCUT2D eigenvalue weighted by Crippen LogP contribution is -2.09. The van der Waals surface area contributed by atoms with Crippen LogP contribution in [0.5, 0.6) is 57.5 Å². The van der Waals surface area contributed by atoms with Gasteiger partial charge in [0.1, 0.15) is 0 Å². The highest BCUT2D eigenvalue weighted by atomic mass is 16.5. The number of aryl methyl sites for hydroxylation is 2. The zero-order chi connectivity index (χ0) is 43.6. The van der Waals surface area contributed by atoms with Crippen molar-refractivity contribution in [2.45, 2.75) is 13.0 Å². The van der Waals surface area contributed by atoms with Crippen LogP contribution in [0.2, 0.25) is 0 Å². The summed E-state index contributed by atoms with van der Waals surface area (Å²) in [6.07, 6.45) is 0.117. The number of phenolic OH excluding ortho intramolecular Hbond substituents is 6. The molecule has 0 atom stereocenters. The van der Waals surface area contributed by atoms with Gasteiger partial charge in [-0.1, -0.05) is 18.2 Å². The first-order chi connectivity index (χ1) is 29.2. The van der Waals surface area contributed by atoms with Gasteiger partial charge in [-0.15, -0.1) is 0 Å². The summed E-state index contributed by atoms with van der Waals surface area (Å²) in [5.74, 6) is -4.69. The van der Waals surface area contributed by atoms with Crippen LogP contribution in [0.15, 0.2) is 78.9 Å². The number of methoxy groups -OCH3 is 4. The standard InChI is InChI=1S/C46H37NO14/c1-58-33-16-23-25(18-35(33)60-3)41(45(54)55)37(21-6-9-28(49)31(52)14-21)43-39(23)40-24-17-34(59-2)36(61-4)19-26(24)42(46(56)57)38(22-7-10-29(50)32(53)15-22)44(40)47(43)12-11-20-5-8-27(48)30(51)13-20/h5-10,13-19,48-53H,11-12H2,1-4H3,(H,54,55)(H,56,57). The first kappa shape index (κ1) is 39.6. The summed E-state index contributed by atoms with van der Waals surface area (Å²) in [6.45, 7) is -0.0337. The number of phenols is 6. The van der Waals surface area contributed by atoms with Crippen LogP contribution in [0.25, 0.3) is 65.6 Å². The molecule has 8 N–H and O–H groups in total. The number of rotatable bonds is 11. The molecule has 0 unspecified atom stereocenters. The Kier molecular flexibility index (Phi) is 9.66. The summed E-state index contributed by atoms with van der Waals surface area (Å²) in [6, 6.07) is 18.3. The molecule has 8 rings (SSSR count). The molecule has 0 saturated carbocycles. The summed E-state index contributed by atoms with van der Waals surface area (Å²) in [4.78, 5) is 27.6. The van der Waals surface area contributed by atoms with Gasteiger partial charge in [-0.3, -0.25) is 0 Å². The molecule has 7 aromatic carbocycles. The van der Waals surface area contributed by atoms with E-state index in [0.29, 0.717) is 27.1 Å². The smallest absolute Gasteiger partial charge is 0.337 e. The van der Waals surface area contributed by atoms with E-state index in [1.165, 1.54) is 89.1 Å². The molecule has 0 saturated heterocycles. The van der Waals surface area contributed by atoms with Crippen LogP contribution in [0.4, 0.5) is 0 Å². The molecular weight excluding hydrogens is 790 g/mol. The average molecular weight is 828 g/mol. The quantitative estimate of drug-likeness (QED) is 0.0572. The van der Waals surface area contributed by atoms with Gasteiger partial charge in [-0.05, 0) is 94.5 Å². The largest absolute Gasteiger partial charge is 0.504 e. The average Bonchev–Trinajstić information content (AvgIpc) is 3.58. The van der Waals surface area contributed by atoms with E-state index in [2.05, 4.69) is 0 Å². The third-order valence-electron chi connectivity index (χ3n) is 11.0. The predicted octanol–water partition coefficient (Wildman–Crippen LogP) is 8.34. The number of ether oxygens (including phenoxy) is 4. The highest BCUT2D eigenvalue weighted by Crippen LogP contribution is 2.53. The van der Waals surface area contributed by atoms with E-state index in [4.69, 9.17) is 18.9 Å². The van der Waals surface area contributed by atoms with E-state index >= 15 is 0 Å². The number of hydrogen-bond donors (Lipinski definition) is 8. The van der Waals surface area contributed by atoms with Crippen molar-refractivity contribution in [1.82, 2.24) is 4.57 Å². The second-order valence-corrected chi connectivity index (χ2v) is 14.2. The molecule has 15 nitrogen and oxygen atoms in total. The molecule has 0 fully saturated rings. The van der Waals surface area contributed by atoms with Gasteiger partial charge in [0.05, 0.1) is 50.6 Å². The summed E-state index contributed by atoms with van der Waals surface area (Å²) < 4.78 is 24.6. The predicted molar refractivity (Wildman–Crippen MR) is 226 cm³/mol. The molecule has 0 radical (unpaired) electrons. The first-order valence-electron chi connectivity index (χ1n) is 18.5. The van der Waals surface area contributed by atoms with Crippen LogP contribution < -0.4 is 18.9 Å². The van der Waals surface area contributed by atoms with Gasteiger partial charge < -0.3 is 64.4 Å². The minimum Gasteiger partial charge on any atom is -0.504 e. The minimum absolute atomic E-state index is 0.0337. The highest BCUT2D eigenvalue weighted by molar-refractivity contribution is 6.37. The van der Waals surface area contributed by atoms with E-state index in [9.17, 15) is 50.4 Å². The van der Waals surface area contributed by atoms with E-state index in [1.807, 2.05) is 0 Å². The molecule has 0 aliphatic carbocycles. The van der Waals surface area contributed by atoms with Crippen molar-refractivity contribution in [3.8, 4) is 79.7 Å². The number of fused-ring (bicyclic) bond motifs is 7. The van der Waals surface area contributed by atoms with Gasteiger partial charge in [0.15, 0.2) is 57.5 Å². The van der Waals surface area contributed by atoms with Gasteiger partial charge in [-0.25, -0.2) is 9.59 Å². The Balaban J connectivity index is 1.77. The van der Waals surface area contributed by atoms with Crippen molar-refractivity contribution in [2.24, 2.45) is 0 Å². The van der Waals surface area contributed by atoms with Crippen molar-refractivity contribution in [2.75, 3.05) is 28.4 Å². The fraction of sp³-hybridized carbons (Fsp3) is 0.130. The third-order valence-corrected chi connectivity index (χ3v) is 11.0. The zero-order valence-corrected chi connectivity index (χ0v) is 32.9. The molecule has 0 amide bonds. The molecule has 310 valence electrons. The van der Waals surface area contributed by atoms with E-state index in [-0.39, 0.29) is 103 Å². The summed E-state index contributed by atoms with van der Waals surface area (Å²) in [5, 5.41) is 87.6. The fourth-order valence-corrected chi connectivity index (χ4v) is 8.31. The summed E-state index contributed by atoms with van der Waals surface area (Å²) in [5.41, 5.74) is 0.967. The maximum absolute atomic E-state index is 13.8. The molecular formula is C46H37NO14. The maximum Gasteiger partial charge on any atom is 0.337 e. The number of hydrogen-bond acceptors (Lipinski definition) is 12. The number of carbonyl (C=O) groups is 2. The Labute approximate surface area is 345 Å². The molecule has 1 heterocycles. The van der Waals surface area contributed by atoms with Crippen LogP contribution in [0, 0.1) is 0 Å². The van der Waals surface area contributed by atoms with Crippen molar-refractivity contribution < 1.29 is 69.4 Å². The monoisotopic (exact) mass is 827 g/mol. The maximum atomic E-state index is 13.8. The Morgan fingerprint density at radius 1 is 0.475 bits per heavy atom.